The summed E-state index contributed by atoms with van der Waals surface area (Å²) >= 11 is 6.43. The van der Waals surface area contributed by atoms with E-state index in [2.05, 4.69) is 31.8 Å². The highest BCUT2D eigenvalue weighted by atomic mass is 35.5. The van der Waals surface area contributed by atoms with Crippen molar-refractivity contribution in [3.05, 3.63) is 65.1 Å². The van der Waals surface area contributed by atoms with Crippen molar-refractivity contribution in [1.82, 2.24) is 19.6 Å². The first-order chi connectivity index (χ1) is 19.0. The number of para-hydroxylation sites is 1. The van der Waals surface area contributed by atoms with Crippen LogP contribution in [-0.2, 0) is 16.4 Å². The number of rotatable bonds is 12. The number of anilines is 2. The zero-order valence-corrected chi connectivity index (χ0v) is 25.2. The van der Waals surface area contributed by atoms with Crippen LogP contribution in [0.3, 0.4) is 0 Å². The van der Waals surface area contributed by atoms with Gasteiger partial charge < -0.3 is 14.8 Å². The van der Waals surface area contributed by atoms with Gasteiger partial charge in [0.1, 0.15) is 33.3 Å². The Labute approximate surface area is 242 Å². The van der Waals surface area contributed by atoms with Gasteiger partial charge in [-0.1, -0.05) is 36.7 Å². The van der Waals surface area contributed by atoms with Crippen LogP contribution in [-0.4, -0.2) is 61.2 Å². The molecule has 0 amide bonds. The van der Waals surface area contributed by atoms with Crippen molar-refractivity contribution >= 4 is 33.1 Å². The summed E-state index contributed by atoms with van der Waals surface area (Å²) in [7, 11) is -3.75. The molecule has 0 spiro atoms. The third-order valence-corrected chi connectivity index (χ3v) is 8.34. The molecule has 1 aromatic heterocycles. The van der Waals surface area contributed by atoms with Crippen molar-refractivity contribution in [3.8, 4) is 11.5 Å². The van der Waals surface area contributed by atoms with Crippen molar-refractivity contribution in [1.29, 1.82) is 0 Å². The van der Waals surface area contributed by atoms with E-state index >= 15 is 0 Å². The fourth-order valence-electron chi connectivity index (χ4n) is 4.54. The highest BCUT2D eigenvalue weighted by molar-refractivity contribution is 7.89. The van der Waals surface area contributed by atoms with Gasteiger partial charge in [-0.15, -0.1) is 0 Å². The molecule has 0 saturated carbocycles. The van der Waals surface area contributed by atoms with Crippen LogP contribution in [0.25, 0.3) is 0 Å². The lowest BCUT2D eigenvalue weighted by atomic mass is 10.1. The molecule has 2 heterocycles. The molecule has 3 aromatic rings. The largest absolute Gasteiger partial charge is 0.491 e. The molecule has 1 saturated heterocycles. The summed E-state index contributed by atoms with van der Waals surface area (Å²) in [5.74, 6) is 2.30. The molecule has 0 aliphatic carbocycles. The Hall–Kier alpha value is -2.92. The molecule has 1 aliphatic rings. The second-order valence-electron chi connectivity index (χ2n) is 10.4. The van der Waals surface area contributed by atoms with Crippen LogP contribution < -0.4 is 19.5 Å². The Balaban J connectivity index is 1.57. The lowest BCUT2D eigenvalue weighted by Gasteiger charge is -2.19. The van der Waals surface area contributed by atoms with E-state index in [1.807, 2.05) is 32.0 Å². The summed E-state index contributed by atoms with van der Waals surface area (Å²) in [5.41, 5.74) is 1.26. The monoisotopic (exact) mass is 587 g/mol. The van der Waals surface area contributed by atoms with E-state index in [-0.39, 0.29) is 28.2 Å². The van der Waals surface area contributed by atoms with Crippen LogP contribution >= 0.6 is 11.6 Å². The molecule has 9 nitrogen and oxygen atoms in total. The highest BCUT2D eigenvalue weighted by Gasteiger charge is 2.24. The Morgan fingerprint density at radius 3 is 2.62 bits per heavy atom. The Bertz CT molecular complexity index is 1420. The molecule has 1 atom stereocenters. The van der Waals surface area contributed by atoms with E-state index < -0.39 is 10.0 Å². The highest BCUT2D eigenvalue weighted by Crippen LogP contribution is 2.31. The summed E-state index contributed by atoms with van der Waals surface area (Å²) in [4.78, 5) is 11.5. The first-order valence-electron chi connectivity index (χ1n) is 13.6. The maximum Gasteiger partial charge on any atom is 0.242 e. The SMILES string of the molecule is CCN1CCC(Oc2ccc(Cc3ncc(Cl)c(Nc4ccccc4S(=O)(=O)NC(C)C)n3)c(OC(C)C)c2)C1. The summed E-state index contributed by atoms with van der Waals surface area (Å²) in [5, 5.41) is 3.36. The molecule has 0 radical (unpaired) electrons. The van der Waals surface area contributed by atoms with Crippen molar-refractivity contribution in [2.45, 2.75) is 70.6 Å². The third-order valence-electron chi connectivity index (χ3n) is 6.34. The van der Waals surface area contributed by atoms with Gasteiger partial charge in [-0.25, -0.2) is 23.1 Å². The molecule has 0 bridgehead atoms. The Kier molecular flexibility index (Phi) is 9.89. The van der Waals surface area contributed by atoms with Crippen LogP contribution in [0.5, 0.6) is 11.5 Å². The van der Waals surface area contributed by atoms with Gasteiger partial charge in [0.05, 0.1) is 18.0 Å². The quantitative estimate of drug-likeness (QED) is 0.290. The van der Waals surface area contributed by atoms with Crippen molar-refractivity contribution in [2.75, 3.05) is 25.0 Å². The van der Waals surface area contributed by atoms with E-state index in [0.29, 0.717) is 29.5 Å². The zero-order valence-electron chi connectivity index (χ0n) is 23.6. The maximum absolute atomic E-state index is 12.9. The molecule has 1 unspecified atom stereocenters. The number of nitrogens with zero attached hydrogens (tertiary/aromatic N) is 3. The number of nitrogens with one attached hydrogen (secondary N) is 2. The predicted molar refractivity (Wildman–Crippen MR) is 158 cm³/mol. The van der Waals surface area contributed by atoms with E-state index in [9.17, 15) is 8.42 Å². The fraction of sp³-hybridized carbons (Fsp3) is 0.448. The molecular formula is C29H38ClN5O4S. The first kappa shape index (κ1) is 30.0. The number of aromatic nitrogens is 2. The van der Waals surface area contributed by atoms with Gasteiger partial charge in [0.25, 0.3) is 0 Å². The van der Waals surface area contributed by atoms with E-state index in [4.69, 9.17) is 21.1 Å². The molecule has 1 aliphatic heterocycles. The van der Waals surface area contributed by atoms with E-state index in [1.54, 1.807) is 32.0 Å². The molecule has 11 heteroatoms. The van der Waals surface area contributed by atoms with Crippen LogP contribution in [0.1, 0.15) is 52.4 Å². The van der Waals surface area contributed by atoms with Crippen molar-refractivity contribution in [2.24, 2.45) is 0 Å². The lowest BCUT2D eigenvalue weighted by Crippen LogP contribution is -2.30. The normalized spacial score (nSPS) is 16.1. The summed E-state index contributed by atoms with van der Waals surface area (Å²) < 4.78 is 40.8. The first-order valence-corrected chi connectivity index (χ1v) is 15.5. The number of halogens is 1. The fourth-order valence-corrected chi connectivity index (χ4v) is 6.10. The second-order valence-corrected chi connectivity index (χ2v) is 12.5. The minimum absolute atomic E-state index is 0.0303. The van der Waals surface area contributed by atoms with Crippen LogP contribution in [0.4, 0.5) is 11.5 Å². The number of sulfonamides is 1. The van der Waals surface area contributed by atoms with Crippen LogP contribution in [0.15, 0.2) is 53.6 Å². The van der Waals surface area contributed by atoms with Crippen molar-refractivity contribution in [3.63, 3.8) is 0 Å². The summed E-state index contributed by atoms with van der Waals surface area (Å²) in [6.45, 7) is 12.7. The van der Waals surface area contributed by atoms with Gasteiger partial charge in [0, 0.05) is 37.2 Å². The maximum atomic E-state index is 12.9. The summed E-state index contributed by atoms with van der Waals surface area (Å²) in [6, 6.07) is 12.2. The summed E-state index contributed by atoms with van der Waals surface area (Å²) in [6.07, 6.45) is 3.03. The third kappa shape index (κ3) is 7.84. The van der Waals surface area contributed by atoms with Crippen molar-refractivity contribution < 1.29 is 17.9 Å². The molecule has 216 valence electrons. The number of hydrogen-bond donors (Lipinski definition) is 2. The van der Waals surface area contributed by atoms with E-state index in [0.717, 1.165) is 37.4 Å². The van der Waals surface area contributed by atoms with Gasteiger partial charge in [0.2, 0.25) is 10.0 Å². The van der Waals surface area contributed by atoms with Gasteiger partial charge in [-0.2, -0.15) is 0 Å². The van der Waals surface area contributed by atoms with Gasteiger partial charge >= 0.3 is 0 Å². The standard InChI is InChI=1S/C29H38ClN5O4S/c1-6-35-14-13-23(18-35)39-22-12-11-21(26(16-22)38-20(4)5)15-28-31-17-24(30)29(33-28)32-25-9-7-8-10-27(25)40(36,37)34-19(2)3/h7-12,16-17,19-20,23,34H,6,13-15,18H2,1-5H3,(H,31,32,33). The molecule has 40 heavy (non-hydrogen) atoms. The smallest absolute Gasteiger partial charge is 0.242 e. The average Bonchev–Trinajstić information content (AvgIpc) is 3.34. The zero-order chi connectivity index (χ0) is 28.9. The molecule has 2 aromatic carbocycles. The number of ether oxygens (including phenoxy) is 2. The van der Waals surface area contributed by atoms with E-state index in [1.165, 1.54) is 12.3 Å². The second kappa shape index (κ2) is 13.2. The Morgan fingerprint density at radius 2 is 1.93 bits per heavy atom. The molecule has 2 N–H and O–H groups in total. The number of benzene rings is 2. The predicted octanol–water partition coefficient (Wildman–Crippen LogP) is 5.41. The minimum Gasteiger partial charge on any atom is -0.491 e. The number of hydrogen-bond acceptors (Lipinski definition) is 8. The molecule has 4 rings (SSSR count). The van der Waals surface area contributed by atoms with Gasteiger partial charge in [-0.3, -0.25) is 4.90 Å². The minimum atomic E-state index is -3.75. The topological polar surface area (TPSA) is 106 Å². The van der Waals surface area contributed by atoms with Gasteiger partial charge in [-0.05, 0) is 58.9 Å². The average molecular weight is 588 g/mol. The molecular weight excluding hydrogens is 550 g/mol. The molecule has 1 fully saturated rings. The number of likely N-dealkylation sites (tertiary alicyclic amines) is 1. The van der Waals surface area contributed by atoms with Gasteiger partial charge in [0.15, 0.2) is 5.82 Å². The van der Waals surface area contributed by atoms with Crippen LogP contribution in [0.2, 0.25) is 5.02 Å². The van der Waals surface area contributed by atoms with Crippen LogP contribution in [0, 0.1) is 0 Å². The lowest BCUT2D eigenvalue weighted by molar-refractivity contribution is 0.199. The number of likely N-dealkylation sites (N-methyl/N-ethyl adjacent to an activating group) is 1. The Morgan fingerprint density at radius 1 is 1.15 bits per heavy atom.